The van der Waals surface area contributed by atoms with Gasteiger partial charge in [0.25, 0.3) is 5.91 Å². The van der Waals surface area contributed by atoms with Gasteiger partial charge in [-0.3, -0.25) is 4.79 Å². The fourth-order valence-corrected chi connectivity index (χ4v) is 2.21. The van der Waals surface area contributed by atoms with Crippen LogP contribution in [0.5, 0.6) is 0 Å². The second-order valence-corrected chi connectivity index (χ2v) is 4.78. The summed E-state index contributed by atoms with van der Waals surface area (Å²) < 4.78 is 13.0. The van der Waals surface area contributed by atoms with Crippen molar-refractivity contribution in [3.63, 3.8) is 0 Å². The van der Waals surface area contributed by atoms with E-state index in [1.807, 2.05) is 0 Å². The van der Waals surface area contributed by atoms with Crippen LogP contribution in [0.15, 0.2) is 29.8 Å². The number of aryl methyl sites for hydroxylation is 1. The molecule has 102 valence electrons. The van der Waals surface area contributed by atoms with Crippen LogP contribution in [0.3, 0.4) is 0 Å². The highest BCUT2D eigenvalue weighted by Gasteiger charge is 2.09. The molecule has 1 aliphatic heterocycles. The number of halogens is 1. The first-order valence-corrected chi connectivity index (χ1v) is 6.60. The molecule has 2 rings (SSSR count). The van der Waals surface area contributed by atoms with Crippen molar-refractivity contribution < 1.29 is 9.18 Å². The van der Waals surface area contributed by atoms with Gasteiger partial charge in [-0.2, -0.15) is 0 Å². The zero-order valence-corrected chi connectivity index (χ0v) is 11.1. The van der Waals surface area contributed by atoms with Gasteiger partial charge < -0.3 is 10.6 Å². The molecule has 0 atom stereocenters. The van der Waals surface area contributed by atoms with Crippen LogP contribution in [0.25, 0.3) is 0 Å². The van der Waals surface area contributed by atoms with E-state index >= 15 is 0 Å². The second-order valence-electron chi connectivity index (χ2n) is 4.78. The molecule has 0 saturated heterocycles. The molecule has 0 unspecified atom stereocenters. The molecule has 0 spiro atoms. The lowest BCUT2D eigenvalue weighted by atomic mass is 10.1. The first-order valence-electron chi connectivity index (χ1n) is 6.60. The van der Waals surface area contributed by atoms with Crippen molar-refractivity contribution in [2.75, 3.05) is 19.6 Å². The summed E-state index contributed by atoms with van der Waals surface area (Å²) in [5.74, 6) is -0.444. The van der Waals surface area contributed by atoms with Crippen LogP contribution >= 0.6 is 0 Å². The van der Waals surface area contributed by atoms with Crippen LogP contribution in [0.4, 0.5) is 4.39 Å². The van der Waals surface area contributed by atoms with Crippen LogP contribution in [0.2, 0.25) is 0 Å². The van der Waals surface area contributed by atoms with Gasteiger partial charge in [-0.05, 0) is 50.1 Å². The largest absolute Gasteiger partial charge is 0.352 e. The van der Waals surface area contributed by atoms with E-state index in [0.29, 0.717) is 17.7 Å². The molecule has 0 saturated carbocycles. The molecule has 1 aromatic carbocycles. The number of benzene rings is 1. The van der Waals surface area contributed by atoms with Crippen molar-refractivity contribution in [3.8, 4) is 0 Å². The number of amides is 1. The lowest BCUT2D eigenvalue weighted by Crippen LogP contribution is -2.27. The average molecular weight is 262 g/mol. The highest BCUT2D eigenvalue weighted by Crippen LogP contribution is 2.11. The van der Waals surface area contributed by atoms with Gasteiger partial charge >= 0.3 is 0 Å². The molecule has 0 fully saturated rings. The normalized spacial score (nSPS) is 14.9. The van der Waals surface area contributed by atoms with Crippen molar-refractivity contribution in [3.05, 3.63) is 46.8 Å². The van der Waals surface area contributed by atoms with Crippen molar-refractivity contribution in [1.82, 2.24) is 10.6 Å². The molecule has 0 aliphatic carbocycles. The monoisotopic (exact) mass is 262 g/mol. The molecule has 0 aromatic heterocycles. The summed E-state index contributed by atoms with van der Waals surface area (Å²) >= 11 is 0. The highest BCUT2D eigenvalue weighted by molar-refractivity contribution is 5.95. The van der Waals surface area contributed by atoms with Gasteiger partial charge in [0.15, 0.2) is 0 Å². The third-order valence-corrected chi connectivity index (χ3v) is 3.32. The Morgan fingerprint density at radius 1 is 1.47 bits per heavy atom. The minimum Gasteiger partial charge on any atom is -0.352 e. The highest BCUT2D eigenvalue weighted by atomic mass is 19.1. The number of carbonyl (C=O) groups excluding carboxylic acids is 1. The van der Waals surface area contributed by atoms with Gasteiger partial charge in [-0.1, -0.05) is 11.6 Å². The van der Waals surface area contributed by atoms with Crippen molar-refractivity contribution in [2.24, 2.45) is 0 Å². The van der Waals surface area contributed by atoms with Gasteiger partial charge in [0.2, 0.25) is 0 Å². The maximum absolute atomic E-state index is 13.0. The predicted molar refractivity (Wildman–Crippen MR) is 73.7 cm³/mol. The van der Waals surface area contributed by atoms with Gasteiger partial charge in [0.1, 0.15) is 5.82 Å². The second kappa shape index (κ2) is 6.48. The Bertz CT molecular complexity index is 497. The summed E-state index contributed by atoms with van der Waals surface area (Å²) in [6, 6.07) is 4.23. The van der Waals surface area contributed by atoms with E-state index in [1.165, 1.54) is 23.8 Å². The molecule has 1 amide bonds. The molecule has 19 heavy (non-hydrogen) atoms. The molecule has 4 heteroatoms. The molecule has 1 aliphatic rings. The first kappa shape index (κ1) is 13.7. The molecule has 0 radical (unpaired) electrons. The number of nitrogens with one attached hydrogen (secondary N) is 2. The Balaban J connectivity index is 1.85. The van der Waals surface area contributed by atoms with E-state index in [4.69, 9.17) is 0 Å². The van der Waals surface area contributed by atoms with Crippen LogP contribution in [0, 0.1) is 12.7 Å². The third-order valence-electron chi connectivity index (χ3n) is 3.32. The fourth-order valence-electron chi connectivity index (χ4n) is 2.21. The minimum atomic E-state index is -0.311. The quantitative estimate of drug-likeness (QED) is 0.817. The van der Waals surface area contributed by atoms with E-state index in [0.717, 1.165) is 25.9 Å². The van der Waals surface area contributed by atoms with Crippen LogP contribution in [0.1, 0.15) is 28.8 Å². The molecular weight excluding hydrogens is 243 g/mol. The lowest BCUT2D eigenvalue weighted by molar-refractivity contribution is 0.0953. The van der Waals surface area contributed by atoms with E-state index in [2.05, 4.69) is 16.7 Å². The van der Waals surface area contributed by atoms with Crippen molar-refractivity contribution >= 4 is 5.91 Å². The Kier molecular flexibility index (Phi) is 4.68. The molecule has 1 heterocycles. The molecule has 0 bridgehead atoms. The topological polar surface area (TPSA) is 41.1 Å². The summed E-state index contributed by atoms with van der Waals surface area (Å²) in [6.07, 6.45) is 4.11. The number of hydrogen-bond acceptors (Lipinski definition) is 2. The fraction of sp³-hybridized carbons (Fsp3) is 0.400. The average Bonchev–Trinajstić information content (AvgIpc) is 2.39. The van der Waals surface area contributed by atoms with Gasteiger partial charge in [0, 0.05) is 18.7 Å². The Labute approximate surface area is 112 Å². The number of rotatable bonds is 4. The van der Waals surface area contributed by atoms with E-state index in [9.17, 15) is 9.18 Å². The molecule has 1 aromatic rings. The predicted octanol–water partition coefficient (Wildman–Crippen LogP) is 2.17. The summed E-state index contributed by atoms with van der Waals surface area (Å²) in [7, 11) is 0. The maximum atomic E-state index is 13.0. The van der Waals surface area contributed by atoms with Crippen LogP contribution in [-0.4, -0.2) is 25.5 Å². The Morgan fingerprint density at radius 3 is 3.00 bits per heavy atom. The minimum absolute atomic E-state index is 0.132. The van der Waals surface area contributed by atoms with Crippen LogP contribution < -0.4 is 10.6 Å². The lowest BCUT2D eigenvalue weighted by Gasteiger charge is -2.14. The molecule has 2 N–H and O–H groups in total. The maximum Gasteiger partial charge on any atom is 0.251 e. The summed E-state index contributed by atoms with van der Waals surface area (Å²) in [6.45, 7) is 4.30. The standard InChI is InChI=1S/C15H19FN2O/c1-11-10-13(16)2-3-14(11)15(19)18-9-6-12-4-7-17-8-5-12/h2-4,10,17H,5-9H2,1H3,(H,18,19). The van der Waals surface area contributed by atoms with Crippen molar-refractivity contribution in [1.29, 1.82) is 0 Å². The molecule has 3 nitrogen and oxygen atoms in total. The van der Waals surface area contributed by atoms with Gasteiger partial charge in [0.05, 0.1) is 0 Å². The van der Waals surface area contributed by atoms with Gasteiger partial charge in [-0.15, -0.1) is 0 Å². The van der Waals surface area contributed by atoms with Gasteiger partial charge in [-0.25, -0.2) is 4.39 Å². The van der Waals surface area contributed by atoms with Crippen LogP contribution in [-0.2, 0) is 0 Å². The SMILES string of the molecule is Cc1cc(F)ccc1C(=O)NCCC1=CCNCC1. The Hall–Kier alpha value is -1.68. The number of hydrogen-bond donors (Lipinski definition) is 2. The zero-order chi connectivity index (χ0) is 13.7. The van der Waals surface area contributed by atoms with E-state index in [-0.39, 0.29) is 11.7 Å². The summed E-state index contributed by atoms with van der Waals surface area (Å²) in [4.78, 5) is 12.0. The zero-order valence-electron chi connectivity index (χ0n) is 11.1. The van der Waals surface area contributed by atoms with E-state index in [1.54, 1.807) is 6.92 Å². The van der Waals surface area contributed by atoms with E-state index < -0.39 is 0 Å². The number of carbonyl (C=O) groups is 1. The summed E-state index contributed by atoms with van der Waals surface area (Å²) in [5.41, 5.74) is 2.59. The molecular formula is C15H19FN2O. The summed E-state index contributed by atoms with van der Waals surface area (Å²) in [5, 5.41) is 6.14. The van der Waals surface area contributed by atoms with Crippen molar-refractivity contribution in [2.45, 2.75) is 19.8 Å². The third kappa shape index (κ3) is 3.89. The Morgan fingerprint density at radius 2 is 2.32 bits per heavy atom. The smallest absolute Gasteiger partial charge is 0.251 e. The first-order chi connectivity index (χ1) is 9.16.